The van der Waals surface area contributed by atoms with Gasteiger partial charge in [-0.1, -0.05) is 0 Å². The van der Waals surface area contributed by atoms with Gasteiger partial charge in [-0.25, -0.2) is 19.3 Å². The minimum absolute atomic E-state index is 0.258. The highest BCUT2D eigenvalue weighted by molar-refractivity contribution is 5.49. The van der Waals surface area contributed by atoms with Crippen molar-refractivity contribution in [3.8, 4) is 0 Å². The molecule has 1 aliphatic heterocycles. The van der Waals surface area contributed by atoms with E-state index in [1.807, 2.05) is 0 Å². The molecule has 102 valence electrons. The van der Waals surface area contributed by atoms with E-state index in [2.05, 4.69) is 20.5 Å². The number of hydrogen-bond donors (Lipinski definition) is 2. The lowest BCUT2D eigenvalue weighted by Crippen LogP contribution is -2.16. The van der Waals surface area contributed by atoms with E-state index in [-0.39, 0.29) is 5.69 Å². The molecule has 3 heterocycles. The van der Waals surface area contributed by atoms with Crippen molar-refractivity contribution in [2.45, 2.75) is 32.3 Å². The summed E-state index contributed by atoms with van der Waals surface area (Å²) in [5.41, 5.74) is 0.322. The molecule has 1 unspecified atom stereocenters. The molecule has 0 spiro atoms. The summed E-state index contributed by atoms with van der Waals surface area (Å²) in [7, 11) is 0. The van der Waals surface area contributed by atoms with E-state index in [1.54, 1.807) is 13.0 Å². The third-order valence-electron chi connectivity index (χ3n) is 3.37. The molecule has 0 bridgehead atoms. The second kappa shape index (κ2) is 5.00. The predicted molar refractivity (Wildman–Crippen MR) is 70.4 cm³/mol. The van der Waals surface area contributed by atoms with Crippen LogP contribution in [-0.2, 0) is 4.74 Å². The molecule has 3 rings (SSSR count). The van der Waals surface area contributed by atoms with Gasteiger partial charge in [-0.15, -0.1) is 0 Å². The zero-order valence-corrected chi connectivity index (χ0v) is 10.8. The Morgan fingerprint density at radius 1 is 1.63 bits per heavy atom. The lowest BCUT2D eigenvalue weighted by molar-refractivity contribution is 0.107. The first-order valence-electron chi connectivity index (χ1n) is 6.54. The summed E-state index contributed by atoms with van der Waals surface area (Å²) in [4.78, 5) is 15.8. The monoisotopic (exact) mass is 263 g/mol. The van der Waals surface area contributed by atoms with Crippen LogP contribution in [0.3, 0.4) is 0 Å². The summed E-state index contributed by atoms with van der Waals surface area (Å²) in [6.45, 7) is 3.47. The smallest absolute Gasteiger partial charge is 0.349 e. The lowest BCUT2D eigenvalue weighted by atomic mass is 10.2. The first kappa shape index (κ1) is 12.2. The Kier molecular flexibility index (Phi) is 3.20. The number of nitrogens with one attached hydrogen (secondary N) is 2. The summed E-state index contributed by atoms with van der Waals surface area (Å²) in [5.74, 6) is 1.36. The van der Waals surface area contributed by atoms with Crippen molar-refractivity contribution in [1.82, 2.24) is 19.6 Å². The van der Waals surface area contributed by atoms with Crippen molar-refractivity contribution in [3.05, 3.63) is 22.4 Å². The van der Waals surface area contributed by atoms with Gasteiger partial charge in [-0.2, -0.15) is 5.10 Å². The predicted octanol–water partition coefficient (Wildman–Crippen LogP) is 0.707. The number of hydrogen-bond acceptors (Lipinski definition) is 5. The number of fused-ring (bicyclic) bond motifs is 1. The third kappa shape index (κ3) is 2.46. The maximum atomic E-state index is 11.5. The number of anilines is 1. The van der Waals surface area contributed by atoms with Crippen LogP contribution in [0.1, 0.15) is 25.1 Å². The minimum atomic E-state index is -0.258. The van der Waals surface area contributed by atoms with E-state index in [4.69, 9.17) is 4.74 Å². The van der Waals surface area contributed by atoms with Crippen molar-refractivity contribution in [3.63, 3.8) is 0 Å². The van der Waals surface area contributed by atoms with Crippen LogP contribution in [0, 0.1) is 6.92 Å². The second-order valence-electron chi connectivity index (χ2n) is 4.76. The minimum Gasteiger partial charge on any atom is -0.378 e. The topological polar surface area (TPSA) is 84.3 Å². The van der Waals surface area contributed by atoms with Gasteiger partial charge in [-0.05, 0) is 26.2 Å². The fourth-order valence-electron chi connectivity index (χ4n) is 2.42. The standard InChI is InChI=1S/C12H17N5O2/c1-8-14-10(7-11-15-16-12(18)17(8)11)13-5-4-9-3-2-6-19-9/h7,9,13H,2-6H2,1H3,(H,16,18). The molecule has 1 saturated heterocycles. The summed E-state index contributed by atoms with van der Waals surface area (Å²) < 4.78 is 7.01. The molecule has 0 radical (unpaired) electrons. The van der Waals surface area contributed by atoms with Gasteiger partial charge in [0.25, 0.3) is 0 Å². The number of aromatic nitrogens is 4. The maximum absolute atomic E-state index is 11.5. The molecular formula is C12H17N5O2. The van der Waals surface area contributed by atoms with Gasteiger partial charge in [-0.3, -0.25) is 0 Å². The third-order valence-corrected chi connectivity index (χ3v) is 3.37. The second-order valence-corrected chi connectivity index (χ2v) is 4.76. The molecule has 19 heavy (non-hydrogen) atoms. The Morgan fingerprint density at radius 2 is 2.53 bits per heavy atom. The van der Waals surface area contributed by atoms with E-state index in [1.165, 1.54) is 4.40 Å². The zero-order chi connectivity index (χ0) is 13.2. The van der Waals surface area contributed by atoms with E-state index in [0.717, 1.165) is 38.2 Å². The fourth-order valence-corrected chi connectivity index (χ4v) is 2.42. The Bertz CT molecular complexity index is 627. The molecule has 2 aromatic rings. The quantitative estimate of drug-likeness (QED) is 0.848. The van der Waals surface area contributed by atoms with Crippen molar-refractivity contribution >= 4 is 11.5 Å². The number of aryl methyl sites for hydroxylation is 1. The average Bonchev–Trinajstić information content (AvgIpc) is 3.00. The van der Waals surface area contributed by atoms with Gasteiger partial charge >= 0.3 is 5.69 Å². The van der Waals surface area contributed by atoms with Crippen LogP contribution in [0.5, 0.6) is 0 Å². The summed E-state index contributed by atoms with van der Waals surface area (Å²) in [5, 5.41) is 9.61. The SMILES string of the molecule is Cc1nc(NCCC2CCCO2)cc2n[nH]c(=O)n12. The molecule has 0 aliphatic carbocycles. The van der Waals surface area contributed by atoms with E-state index < -0.39 is 0 Å². The van der Waals surface area contributed by atoms with Crippen LogP contribution in [0.2, 0.25) is 0 Å². The Hall–Kier alpha value is -1.89. The molecule has 2 aromatic heterocycles. The van der Waals surface area contributed by atoms with Gasteiger partial charge in [0.05, 0.1) is 6.10 Å². The fraction of sp³-hybridized carbons (Fsp3) is 0.583. The molecule has 7 heteroatoms. The van der Waals surface area contributed by atoms with Crippen LogP contribution in [-0.4, -0.2) is 38.8 Å². The summed E-state index contributed by atoms with van der Waals surface area (Å²) >= 11 is 0. The van der Waals surface area contributed by atoms with Crippen molar-refractivity contribution in [1.29, 1.82) is 0 Å². The highest BCUT2D eigenvalue weighted by Gasteiger charge is 2.14. The molecular weight excluding hydrogens is 246 g/mol. The molecule has 0 amide bonds. The summed E-state index contributed by atoms with van der Waals surface area (Å²) in [6, 6.07) is 1.76. The van der Waals surface area contributed by atoms with Crippen LogP contribution < -0.4 is 11.0 Å². The molecule has 1 fully saturated rings. The van der Waals surface area contributed by atoms with Gasteiger partial charge in [0.15, 0.2) is 5.65 Å². The Morgan fingerprint density at radius 3 is 3.32 bits per heavy atom. The van der Waals surface area contributed by atoms with E-state index in [0.29, 0.717) is 17.6 Å². The number of nitrogens with zero attached hydrogens (tertiary/aromatic N) is 3. The Balaban J connectivity index is 1.69. The zero-order valence-electron chi connectivity index (χ0n) is 10.8. The molecule has 1 atom stereocenters. The Labute approximate surface area is 110 Å². The van der Waals surface area contributed by atoms with Gasteiger partial charge < -0.3 is 10.1 Å². The summed E-state index contributed by atoms with van der Waals surface area (Å²) in [6.07, 6.45) is 3.64. The normalized spacial score (nSPS) is 19.1. The molecule has 0 aromatic carbocycles. The largest absolute Gasteiger partial charge is 0.378 e. The van der Waals surface area contributed by atoms with Crippen LogP contribution in [0.15, 0.2) is 10.9 Å². The van der Waals surface area contributed by atoms with Crippen LogP contribution in [0.4, 0.5) is 5.82 Å². The van der Waals surface area contributed by atoms with E-state index in [9.17, 15) is 4.79 Å². The highest BCUT2D eigenvalue weighted by Crippen LogP contribution is 2.15. The van der Waals surface area contributed by atoms with Crippen LogP contribution >= 0.6 is 0 Å². The van der Waals surface area contributed by atoms with Crippen LogP contribution in [0.25, 0.3) is 5.65 Å². The van der Waals surface area contributed by atoms with E-state index >= 15 is 0 Å². The molecule has 2 N–H and O–H groups in total. The van der Waals surface area contributed by atoms with Crippen molar-refractivity contribution < 1.29 is 4.74 Å². The number of aromatic amines is 1. The average molecular weight is 263 g/mol. The first-order chi connectivity index (χ1) is 9.24. The highest BCUT2D eigenvalue weighted by atomic mass is 16.5. The molecule has 1 aliphatic rings. The lowest BCUT2D eigenvalue weighted by Gasteiger charge is -2.11. The van der Waals surface area contributed by atoms with Crippen molar-refractivity contribution in [2.75, 3.05) is 18.5 Å². The van der Waals surface area contributed by atoms with Crippen molar-refractivity contribution in [2.24, 2.45) is 0 Å². The van der Waals surface area contributed by atoms with Gasteiger partial charge in [0.2, 0.25) is 0 Å². The first-order valence-corrected chi connectivity index (χ1v) is 6.54. The van der Waals surface area contributed by atoms with Gasteiger partial charge in [0.1, 0.15) is 11.6 Å². The molecule has 7 nitrogen and oxygen atoms in total. The maximum Gasteiger partial charge on any atom is 0.349 e. The van der Waals surface area contributed by atoms with Gasteiger partial charge in [0, 0.05) is 19.2 Å². The number of ether oxygens (including phenoxy) is 1. The molecule has 0 saturated carbocycles. The number of H-pyrrole nitrogens is 1. The number of rotatable bonds is 4.